The standard InChI is InChI=1S/C11H15ClN4O3/c1-7(17)14-9-4-15(5-10(9)18)11(19)6-16-3-8(12)2-13-16/h2-3,9-10,18H,4-6H2,1H3,(H,14,17)/t9-,10-/m1/s1. The van der Waals surface area contributed by atoms with Gasteiger partial charge in [0.1, 0.15) is 6.54 Å². The molecule has 1 aromatic heterocycles. The van der Waals surface area contributed by atoms with Gasteiger partial charge in [-0.3, -0.25) is 14.3 Å². The fourth-order valence-corrected chi connectivity index (χ4v) is 2.21. The Morgan fingerprint density at radius 3 is 2.89 bits per heavy atom. The van der Waals surface area contributed by atoms with Crippen LogP contribution in [0.15, 0.2) is 12.4 Å². The van der Waals surface area contributed by atoms with Crippen LogP contribution in [0.5, 0.6) is 0 Å². The zero-order valence-corrected chi connectivity index (χ0v) is 11.2. The molecule has 0 saturated carbocycles. The summed E-state index contributed by atoms with van der Waals surface area (Å²) in [6, 6.07) is -0.414. The van der Waals surface area contributed by atoms with Gasteiger partial charge in [0.25, 0.3) is 0 Å². The lowest BCUT2D eigenvalue weighted by Gasteiger charge is -2.16. The van der Waals surface area contributed by atoms with E-state index < -0.39 is 12.1 Å². The number of β-amino-alcohol motifs (C(OH)–C–C–N with tert-alkyl or cyclic N) is 1. The molecule has 8 heteroatoms. The Morgan fingerprint density at radius 2 is 2.32 bits per heavy atom. The van der Waals surface area contributed by atoms with Crippen LogP contribution in [0.1, 0.15) is 6.92 Å². The van der Waals surface area contributed by atoms with Crippen molar-refractivity contribution < 1.29 is 14.7 Å². The molecular formula is C11H15ClN4O3. The lowest BCUT2D eigenvalue weighted by atomic mass is 10.2. The molecule has 1 aromatic rings. The van der Waals surface area contributed by atoms with Gasteiger partial charge in [-0.1, -0.05) is 11.6 Å². The molecule has 0 radical (unpaired) electrons. The number of nitrogens with zero attached hydrogens (tertiary/aromatic N) is 3. The molecule has 2 amide bonds. The molecule has 2 atom stereocenters. The van der Waals surface area contributed by atoms with Crippen LogP contribution in [0.25, 0.3) is 0 Å². The number of carbonyl (C=O) groups excluding carboxylic acids is 2. The predicted octanol–water partition coefficient (Wildman–Crippen LogP) is -0.756. The summed E-state index contributed by atoms with van der Waals surface area (Å²) < 4.78 is 1.43. The largest absolute Gasteiger partial charge is 0.389 e. The summed E-state index contributed by atoms with van der Waals surface area (Å²) in [6.07, 6.45) is 2.26. The fraction of sp³-hybridized carbons (Fsp3) is 0.545. The quantitative estimate of drug-likeness (QED) is 0.765. The molecule has 0 aliphatic carbocycles. The number of halogens is 1. The van der Waals surface area contributed by atoms with Gasteiger partial charge in [0, 0.05) is 26.2 Å². The first kappa shape index (κ1) is 13.8. The van der Waals surface area contributed by atoms with Gasteiger partial charge in [0.2, 0.25) is 11.8 Å². The first-order valence-corrected chi connectivity index (χ1v) is 6.24. The second-order valence-corrected chi connectivity index (χ2v) is 4.97. The Balaban J connectivity index is 1.92. The Kier molecular flexibility index (Phi) is 4.06. The third-order valence-electron chi connectivity index (χ3n) is 2.93. The first-order valence-electron chi connectivity index (χ1n) is 5.86. The normalized spacial score (nSPS) is 22.6. The summed E-state index contributed by atoms with van der Waals surface area (Å²) in [7, 11) is 0. The predicted molar refractivity (Wildman–Crippen MR) is 67.4 cm³/mol. The van der Waals surface area contributed by atoms with E-state index in [4.69, 9.17) is 11.6 Å². The van der Waals surface area contributed by atoms with Gasteiger partial charge < -0.3 is 15.3 Å². The molecule has 2 N–H and O–H groups in total. The van der Waals surface area contributed by atoms with Gasteiger partial charge in [-0.2, -0.15) is 5.10 Å². The molecule has 2 heterocycles. The average molecular weight is 287 g/mol. The number of hydrogen-bond donors (Lipinski definition) is 2. The molecule has 7 nitrogen and oxygen atoms in total. The Hall–Kier alpha value is -1.60. The molecule has 19 heavy (non-hydrogen) atoms. The minimum atomic E-state index is -0.742. The molecule has 0 unspecified atom stereocenters. The minimum absolute atomic E-state index is 0.0617. The van der Waals surface area contributed by atoms with Gasteiger partial charge in [0.05, 0.1) is 23.4 Å². The van der Waals surface area contributed by atoms with E-state index in [9.17, 15) is 14.7 Å². The Bertz CT molecular complexity index is 490. The number of aliphatic hydroxyl groups is 1. The van der Waals surface area contributed by atoms with Crippen LogP contribution in [-0.4, -0.2) is 56.8 Å². The summed E-state index contributed by atoms with van der Waals surface area (Å²) in [4.78, 5) is 24.5. The van der Waals surface area contributed by atoms with Crippen molar-refractivity contribution in [2.75, 3.05) is 13.1 Å². The smallest absolute Gasteiger partial charge is 0.244 e. The van der Waals surface area contributed by atoms with E-state index in [1.807, 2.05) is 0 Å². The van der Waals surface area contributed by atoms with Crippen molar-refractivity contribution in [2.45, 2.75) is 25.6 Å². The van der Waals surface area contributed by atoms with Crippen LogP contribution in [0.2, 0.25) is 5.02 Å². The van der Waals surface area contributed by atoms with Gasteiger partial charge in [-0.05, 0) is 0 Å². The highest BCUT2D eigenvalue weighted by molar-refractivity contribution is 6.30. The van der Waals surface area contributed by atoms with E-state index in [2.05, 4.69) is 10.4 Å². The second-order valence-electron chi connectivity index (χ2n) is 4.53. The third-order valence-corrected chi connectivity index (χ3v) is 3.12. The lowest BCUT2D eigenvalue weighted by Crippen LogP contribution is -2.42. The summed E-state index contributed by atoms with van der Waals surface area (Å²) in [5.74, 6) is -0.399. The van der Waals surface area contributed by atoms with E-state index >= 15 is 0 Å². The average Bonchev–Trinajstić information content (AvgIpc) is 2.86. The number of carbonyl (C=O) groups is 2. The number of aromatic nitrogens is 2. The number of hydrogen-bond acceptors (Lipinski definition) is 4. The molecule has 104 valence electrons. The van der Waals surface area contributed by atoms with Crippen LogP contribution in [0.4, 0.5) is 0 Å². The summed E-state index contributed by atoms with van der Waals surface area (Å²) in [5, 5.41) is 16.8. The van der Waals surface area contributed by atoms with Gasteiger partial charge in [0.15, 0.2) is 0 Å². The van der Waals surface area contributed by atoms with Crippen LogP contribution in [0.3, 0.4) is 0 Å². The molecular weight excluding hydrogens is 272 g/mol. The molecule has 1 aliphatic rings. The van der Waals surface area contributed by atoms with Crippen LogP contribution < -0.4 is 5.32 Å². The van der Waals surface area contributed by atoms with Crippen LogP contribution in [0, 0.1) is 0 Å². The number of aliphatic hydroxyl groups excluding tert-OH is 1. The van der Waals surface area contributed by atoms with Gasteiger partial charge >= 0.3 is 0 Å². The number of amides is 2. The maximum atomic E-state index is 12.0. The zero-order valence-electron chi connectivity index (χ0n) is 10.4. The van der Waals surface area contributed by atoms with Crippen LogP contribution in [-0.2, 0) is 16.1 Å². The molecule has 2 rings (SSSR count). The van der Waals surface area contributed by atoms with Gasteiger partial charge in [-0.15, -0.1) is 0 Å². The van der Waals surface area contributed by atoms with E-state index in [0.717, 1.165) is 0 Å². The maximum Gasteiger partial charge on any atom is 0.244 e. The summed E-state index contributed by atoms with van der Waals surface area (Å²) >= 11 is 5.71. The molecule has 1 saturated heterocycles. The van der Waals surface area contributed by atoms with Crippen molar-refractivity contribution in [1.82, 2.24) is 20.0 Å². The first-order chi connectivity index (χ1) is 8.95. The van der Waals surface area contributed by atoms with Crippen molar-refractivity contribution >= 4 is 23.4 Å². The van der Waals surface area contributed by atoms with Crippen molar-refractivity contribution in [3.8, 4) is 0 Å². The molecule has 1 fully saturated rings. The molecule has 0 aromatic carbocycles. The zero-order chi connectivity index (χ0) is 14.0. The molecule has 1 aliphatic heterocycles. The van der Waals surface area contributed by atoms with Crippen LogP contribution >= 0.6 is 11.6 Å². The topological polar surface area (TPSA) is 87.5 Å². The van der Waals surface area contributed by atoms with Crippen molar-refractivity contribution in [3.63, 3.8) is 0 Å². The number of likely N-dealkylation sites (tertiary alicyclic amines) is 1. The lowest BCUT2D eigenvalue weighted by molar-refractivity contribution is -0.131. The summed E-state index contributed by atoms with van der Waals surface area (Å²) in [6.45, 7) is 1.95. The van der Waals surface area contributed by atoms with Gasteiger partial charge in [-0.25, -0.2) is 0 Å². The Labute approximate surface area is 115 Å². The fourth-order valence-electron chi connectivity index (χ4n) is 2.06. The van der Waals surface area contributed by atoms with E-state index in [1.165, 1.54) is 22.7 Å². The monoisotopic (exact) mass is 286 g/mol. The molecule has 0 spiro atoms. The number of rotatable bonds is 3. The minimum Gasteiger partial charge on any atom is -0.389 e. The van der Waals surface area contributed by atoms with E-state index in [0.29, 0.717) is 11.6 Å². The maximum absolute atomic E-state index is 12.0. The van der Waals surface area contributed by atoms with Crippen molar-refractivity contribution in [1.29, 1.82) is 0 Å². The van der Waals surface area contributed by atoms with E-state index in [-0.39, 0.29) is 24.9 Å². The number of nitrogens with one attached hydrogen (secondary N) is 1. The second kappa shape index (κ2) is 5.58. The highest BCUT2D eigenvalue weighted by atomic mass is 35.5. The molecule has 0 bridgehead atoms. The SMILES string of the molecule is CC(=O)N[C@@H]1CN(C(=O)Cn2cc(Cl)cn2)C[C@H]1O. The Morgan fingerprint density at radius 1 is 1.58 bits per heavy atom. The summed E-state index contributed by atoms with van der Waals surface area (Å²) in [5.41, 5.74) is 0. The van der Waals surface area contributed by atoms with Crippen molar-refractivity contribution in [3.05, 3.63) is 17.4 Å². The van der Waals surface area contributed by atoms with E-state index in [1.54, 1.807) is 6.20 Å². The van der Waals surface area contributed by atoms with Crippen molar-refractivity contribution in [2.24, 2.45) is 0 Å². The highest BCUT2D eigenvalue weighted by Crippen LogP contribution is 2.12. The third kappa shape index (κ3) is 3.45. The highest BCUT2D eigenvalue weighted by Gasteiger charge is 2.34.